The van der Waals surface area contributed by atoms with Crippen molar-refractivity contribution in [2.24, 2.45) is 5.73 Å². The number of amides is 2. The number of carboxylic acid groups (broad SMARTS) is 1. The number of nitrogens with one attached hydrogen (secondary N) is 1. The smallest absolute Gasteiger partial charge is 0.326 e. The molecule has 0 radical (unpaired) electrons. The number of primary amides is 1. The zero-order valence-electron chi connectivity index (χ0n) is 16.5. The Morgan fingerprint density at radius 1 is 1.19 bits per heavy atom. The van der Waals surface area contributed by atoms with Crippen molar-refractivity contribution in [1.29, 1.82) is 0 Å². The van der Waals surface area contributed by atoms with E-state index in [1.165, 1.54) is 6.33 Å². The van der Waals surface area contributed by atoms with Gasteiger partial charge in [-0.2, -0.15) is 0 Å². The minimum Gasteiger partial charge on any atom is -0.494 e. The molecule has 31 heavy (non-hydrogen) atoms. The van der Waals surface area contributed by atoms with Crippen LogP contribution in [0, 0.1) is 0 Å². The lowest BCUT2D eigenvalue weighted by molar-refractivity contribution is -0.139. The van der Waals surface area contributed by atoms with Gasteiger partial charge in [0.2, 0.25) is 11.8 Å². The Labute approximate surface area is 177 Å². The number of nitrogens with zero attached hydrogens (tertiary/aromatic N) is 3. The van der Waals surface area contributed by atoms with Crippen LogP contribution in [0.15, 0.2) is 36.7 Å². The second kappa shape index (κ2) is 9.11. The molecule has 1 aromatic rings. The normalized spacial score (nSPS) is 11.9. The molecule has 0 aliphatic carbocycles. The number of anilines is 1. The summed E-state index contributed by atoms with van der Waals surface area (Å²) in [5.41, 5.74) is 12.3. The number of carboxylic acids is 1. The van der Waals surface area contributed by atoms with Crippen LogP contribution in [-0.2, 0) is 22.6 Å². The molecule has 1 aromatic carbocycles. The van der Waals surface area contributed by atoms with Gasteiger partial charge in [0.05, 0.1) is 11.9 Å². The van der Waals surface area contributed by atoms with Gasteiger partial charge in [-0.05, 0) is 36.6 Å². The number of aromatic hydroxyl groups is 1. The number of nitrogens with two attached hydrogens (primary N) is 2. The number of carbonyl (C=O) groups excluding carboxylic acids is 2. The average molecular weight is 426 g/mol. The molecule has 11 nitrogen and oxygen atoms in total. The number of rotatable bonds is 9. The SMILES string of the molecule is NC(=O)CC[C@H](NC(=O)c1ccc(CCn2cnc3nc(N)cc-3c2O)cc1)C(=O)O. The summed E-state index contributed by atoms with van der Waals surface area (Å²) < 4.78 is 1.57. The average Bonchev–Trinajstić information content (AvgIpc) is 3.11. The molecule has 2 aliphatic rings. The quantitative estimate of drug-likeness (QED) is 0.324. The van der Waals surface area contributed by atoms with E-state index in [1.807, 2.05) is 0 Å². The lowest BCUT2D eigenvalue weighted by atomic mass is 10.1. The molecule has 2 heterocycles. The summed E-state index contributed by atoms with van der Waals surface area (Å²) in [5, 5.41) is 21.9. The Balaban J connectivity index is 1.62. The number of aliphatic carboxylic acids is 1. The van der Waals surface area contributed by atoms with Crippen molar-refractivity contribution in [2.45, 2.75) is 31.8 Å². The van der Waals surface area contributed by atoms with E-state index >= 15 is 0 Å². The third kappa shape index (κ3) is 5.26. The molecule has 0 fully saturated rings. The fraction of sp³-hybridized carbons (Fsp3) is 0.250. The highest BCUT2D eigenvalue weighted by atomic mass is 16.4. The highest BCUT2D eigenvalue weighted by molar-refractivity contribution is 5.96. The molecule has 2 amide bonds. The Kier molecular flexibility index (Phi) is 6.34. The first-order chi connectivity index (χ1) is 14.7. The second-order valence-electron chi connectivity index (χ2n) is 7.00. The molecule has 162 valence electrons. The molecular weight excluding hydrogens is 404 g/mol. The van der Waals surface area contributed by atoms with Crippen LogP contribution in [0.2, 0.25) is 0 Å². The topological polar surface area (TPSA) is 186 Å². The summed E-state index contributed by atoms with van der Waals surface area (Å²) in [6.45, 7) is 0.430. The summed E-state index contributed by atoms with van der Waals surface area (Å²) >= 11 is 0. The molecule has 7 N–H and O–H groups in total. The number of hydrogen-bond donors (Lipinski definition) is 5. The van der Waals surface area contributed by atoms with Gasteiger partial charge in [-0.3, -0.25) is 9.59 Å². The van der Waals surface area contributed by atoms with Crippen LogP contribution in [0.5, 0.6) is 5.88 Å². The molecule has 0 aromatic heterocycles. The molecular formula is C20H22N6O5. The lowest BCUT2D eigenvalue weighted by Crippen LogP contribution is -2.41. The summed E-state index contributed by atoms with van der Waals surface area (Å²) in [5.74, 6) is -1.77. The fourth-order valence-electron chi connectivity index (χ4n) is 3.05. The summed E-state index contributed by atoms with van der Waals surface area (Å²) in [6, 6.07) is 6.97. The van der Waals surface area contributed by atoms with Crippen molar-refractivity contribution < 1.29 is 24.6 Å². The number of fused-ring (bicyclic) bond motifs is 1. The van der Waals surface area contributed by atoms with Gasteiger partial charge in [0.25, 0.3) is 5.91 Å². The van der Waals surface area contributed by atoms with Crippen molar-refractivity contribution >= 4 is 23.6 Å². The van der Waals surface area contributed by atoms with E-state index in [2.05, 4.69) is 15.3 Å². The van der Waals surface area contributed by atoms with E-state index in [1.54, 1.807) is 34.9 Å². The maximum atomic E-state index is 12.3. The molecule has 0 unspecified atom stereocenters. The first-order valence-electron chi connectivity index (χ1n) is 9.46. The van der Waals surface area contributed by atoms with Gasteiger partial charge in [0.15, 0.2) is 5.82 Å². The van der Waals surface area contributed by atoms with Crippen LogP contribution in [0.4, 0.5) is 5.82 Å². The summed E-state index contributed by atoms with van der Waals surface area (Å²) in [4.78, 5) is 42.6. The molecule has 1 atom stereocenters. The first kappa shape index (κ1) is 21.6. The maximum Gasteiger partial charge on any atom is 0.326 e. The monoisotopic (exact) mass is 426 g/mol. The van der Waals surface area contributed by atoms with Crippen LogP contribution in [0.25, 0.3) is 11.4 Å². The Bertz CT molecular complexity index is 1080. The fourth-order valence-corrected chi connectivity index (χ4v) is 3.05. The maximum absolute atomic E-state index is 12.3. The summed E-state index contributed by atoms with van der Waals surface area (Å²) in [6.07, 6.45) is 1.80. The second-order valence-corrected chi connectivity index (χ2v) is 7.00. The van der Waals surface area contributed by atoms with E-state index in [4.69, 9.17) is 11.5 Å². The molecule has 0 saturated heterocycles. The van der Waals surface area contributed by atoms with E-state index in [9.17, 15) is 24.6 Å². The zero-order chi connectivity index (χ0) is 22.5. The van der Waals surface area contributed by atoms with Crippen LogP contribution in [-0.4, -0.2) is 48.6 Å². The van der Waals surface area contributed by atoms with Crippen molar-refractivity contribution in [3.63, 3.8) is 0 Å². The lowest BCUT2D eigenvalue weighted by Gasteiger charge is -2.14. The number of aromatic nitrogens is 3. The van der Waals surface area contributed by atoms with Crippen LogP contribution >= 0.6 is 0 Å². The predicted octanol–water partition coefficient (Wildman–Crippen LogP) is 0.362. The predicted molar refractivity (Wildman–Crippen MR) is 110 cm³/mol. The highest BCUT2D eigenvalue weighted by Crippen LogP contribution is 2.30. The Hall–Kier alpha value is -4.15. The number of aryl methyl sites for hydroxylation is 2. The highest BCUT2D eigenvalue weighted by Gasteiger charge is 2.21. The number of benzene rings is 1. The molecule has 0 spiro atoms. The van der Waals surface area contributed by atoms with Crippen molar-refractivity contribution in [3.05, 3.63) is 47.8 Å². The van der Waals surface area contributed by atoms with E-state index in [-0.39, 0.29) is 30.1 Å². The molecule has 0 bridgehead atoms. The van der Waals surface area contributed by atoms with Gasteiger partial charge in [0.1, 0.15) is 11.9 Å². The van der Waals surface area contributed by atoms with Gasteiger partial charge in [0, 0.05) is 18.5 Å². The molecule has 3 rings (SSSR count). The van der Waals surface area contributed by atoms with Gasteiger partial charge < -0.3 is 31.6 Å². The van der Waals surface area contributed by atoms with Gasteiger partial charge in [-0.25, -0.2) is 14.8 Å². The Morgan fingerprint density at radius 3 is 2.55 bits per heavy atom. The van der Waals surface area contributed by atoms with E-state index in [0.29, 0.717) is 24.4 Å². The molecule has 11 heteroatoms. The van der Waals surface area contributed by atoms with Gasteiger partial charge >= 0.3 is 5.97 Å². The number of nitrogen functional groups attached to an aromatic ring is 1. The van der Waals surface area contributed by atoms with Crippen molar-refractivity contribution in [3.8, 4) is 17.3 Å². The zero-order valence-corrected chi connectivity index (χ0v) is 16.5. The summed E-state index contributed by atoms with van der Waals surface area (Å²) in [7, 11) is 0. The molecule has 0 saturated carbocycles. The van der Waals surface area contributed by atoms with Crippen LogP contribution in [0.3, 0.4) is 0 Å². The first-order valence-corrected chi connectivity index (χ1v) is 9.46. The minimum absolute atomic E-state index is 0.0147. The third-order valence-electron chi connectivity index (χ3n) is 4.74. The largest absolute Gasteiger partial charge is 0.494 e. The van der Waals surface area contributed by atoms with Crippen LogP contribution in [0.1, 0.15) is 28.8 Å². The van der Waals surface area contributed by atoms with Gasteiger partial charge in [-0.1, -0.05) is 12.1 Å². The number of carbonyl (C=O) groups is 3. The van der Waals surface area contributed by atoms with Crippen LogP contribution < -0.4 is 16.8 Å². The standard InChI is InChI=1S/C20H22N6O5/c21-15-9-13-17(25-15)23-10-26(19(13)29)8-7-11-1-3-12(4-2-11)18(28)24-14(20(30)31)5-6-16(22)27/h1-4,9-10,14,29H,5-8,21H2,(H2,22,27)(H,24,28)(H,30,31)/t14-/m0/s1. The molecule has 2 aliphatic heterocycles. The van der Waals surface area contributed by atoms with E-state index < -0.39 is 23.8 Å². The van der Waals surface area contributed by atoms with Crippen molar-refractivity contribution in [1.82, 2.24) is 19.9 Å². The van der Waals surface area contributed by atoms with E-state index in [0.717, 1.165) is 5.56 Å². The Morgan fingerprint density at radius 2 is 1.90 bits per heavy atom. The third-order valence-corrected chi connectivity index (χ3v) is 4.74. The van der Waals surface area contributed by atoms with Gasteiger partial charge in [-0.15, -0.1) is 0 Å². The minimum atomic E-state index is -1.24. The number of hydrogen-bond acceptors (Lipinski definition) is 7. The van der Waals surface area contributed by atoms with Crippen molar-refractivity contribution in [2.75, 3.05) is 5.73 Å².